The maximum Gasteiger partial charge on any atom is 0.243 e. The minimum absolute atomic E-state index is 0.613. The maximum atomic E-state index is 6.40. The molecule has 0 aliphatic heterocycles. The van der Waals surface area contributed by atoms with Crippen molar-refractivity contribution in [1.29, 1.82) is 0 Å². The van der Waals surface area contributed by atoms with Crippen LogP contribution in [0.25, 0.3) is 0 Å². The molecule has 0 fully saturated rings. The lowest BCUT2D eigenvalue weighted by Crippen LogP contribution is -2.23. The third kappa shape index (κ3) is 7.97. The van der Waals surface area contributed by atoms with Crippen LogP contribution in [0.4, 0.5) is 45.5 Å². The van der Waals surface area contributed by atoms with Crippen molar-refractivity contribution in [2.75, 3.05) is 45.8 Å². The third-order valence-corrected chi connectivity index (χ3v) is 7.04. The van der Waals surface area contributed by atoms with Gasteiger partial charge in [-0.25, -0.2) is 18.3 Å². The highest BCUT2D eigenvalue weighted by Crippen LogP contribution is 2.33. The van der Waals surface area contributed by atoms with Gasteiger partial charge in [0, 0.05) is 48.7 Å². The summed E-state index contributed by atoms with van der Waals surface area (Å²) in [7, 11) is 4.06. The van der Waals surface area contributed by atoms with Crippen LogP contribution in [0.1, 0.15) is 12.8 Å². The van der Waals surface area contributed by atoms with Crippen molar-refractivity contribution in [3.63, 3.8) is 0 Å². The normalized spacial score (nSPS) is 10.9. The van der Waals surface area contributed by atoms with Gasteiger partial charge in [0.1, 0.15) is 24.8 Å². The summed E-state index contributed by atoms with van der Waals surface area (Å²) >= 11 is 0. The van der Waals surface area contributed by atoms with Gasteiger partial charge >= 0.3 is 0 Å². The molecule has 42 heavy (non-hydrogen) atoms. The first-order chi connectivity index (χ1) is 20.4. The van der Waals surface area contributed by atoms with Gasteiger partial charge in [0.15, 0.2) is 0 Å². The van der Waals surface area contributed by atoms with Crippen LogP contribution in [0.2, 0.25) is 0 Å². The number of nitrogen functional groups attached to an aromatic ring is 2. The van der Waals surface area contributed by atoms with Gasteiger partial charge in [-0.3, -0.25) is 0 Å². The van der Waals surface area contributed by atoms with Gasteiger partial charge in [0.25, 0.3) is 0 Å². The molecular weight excluding hydrogens is 524 g/mol. The quantitative estimate of drug-likeness (QED) is 0.0665. The summed E-state index contributed by atoms with van der Waals surface area (Å²) in [5.74, 6) is 0. The number of hydrogen-bond donors (Lipinski definition) is 6. The highest BCUT2D eigenvalue weighted by Gasteiger charge is 2.08. The van der Waals surface area contributed by atoms with Gasteiger partial charge in [-0.1, -0.05) is 0 Å². The number of nitrogens with zero attached hydrogens (tertiary/aromatic N) is 4. The van der Waals surface area contributed by atoms with E-state index in [1.165, 1.54) is 0 Å². The number of benzene rings is 3. The Bertz CT molecular complexity index is 1450. The molecule has 0 aliphatic carbocycles. The first-order valence-corrected chi connectivity index (χ1v) is 14.3. The van der Waals surface area contributed by atoms with Crippen molar-refractivity contribution in [3.8, 4) is 0 Å². The lowest BCUT2D eigenvalue weighted by Gasteiger charge is -2.16. The zero-order chi connectivity index (χ0) is 29.3. The molecule has 2 heterocycles. The van der Waals surface area contributed by atoms with Crippen molar-refractivity contribution in [2.24, 2.45) is 14.1 Å². The monoisotopic (exact) mass is 566 g/mol. The fraction of sp³-hybridized carbons (Fsp3) is 0.250. The minimum Gasteiger partial charge on any atom is -0.397 e. The molecule has 0 saturated heterocycles. The SMILES string of the molecule is C[n+]1ccn(CCCNc2ccc(Nc3cc(N)c(Nc4ccc(NCCCn5cc[n+](C)c5)cc4)cc3N)cc2)c1. The largest absolute Gasteiger partial charge is 0.397 e. The van der Waals surface area contributed by atoms with Gasteiger partial charge in [-0.2, -0.15) is 0 Å². The highest BCUT2D eigenvalue weighted by atomic mass is 15.1. The molecule has 5 rings (SSSR count). The summed E-state index contributed by atoms with van der Waals surface area (Å²) in [6.07, 6.45) is 14.5. The molecule has 10 heteroatoms. The Balaban J connectivity index is 1.08. The van der Waals surface area contributed by atoms with Gasteiger partial charge < -0.3 is 32.7 Å². The highest BCUT2D eigenvalue weighted by molar-refractivity contribution is 5.85. The fourth-order valence-corrected chi connectivity index (χ4v) is 4.76. The smallest absolute Gasteiger partial charge is 0.243 e. The molecule has 0 saturated carbocycles. The molecule has 0 bridgehead atoms. The van der Waals surface area contributed by atoms with Crippen LogP contribution in [-0.4, -0.2) is 22.2 Å². The number of aryl methyl sites for hydroxylation is 4. The van der Waals surface area contributed by atoms with Gasteiger partial charge in [0.05, 0.1) is 49.9 Å². The van der Waals surface area contributed by atoms with Crippen LogP contribution in [0.5, 0.6) is 0 Å². The topological polar surface area (TPSA) is 118 Å². The van der Waals surface area contributed by atoms with Gasteiger partial charge in [-0.05, 0) is 60.7 Å². The first kappa shape index (κ1) is 28.4. The summed E-state index contributed by atoms with van der Waals surface area (Å²) in [5, 5.41) is 13.7. The average molecular weight is 567 g/mol. The predicted molar refractivity (Wildman–Crippen MR) is 172 cm³/mol. The van der Waals surface area contributed by atoms with Gasteiger partial charge in [0.2, 0.25) is 12.7 Å². The molecule has 0 spiro atoms. The van der Waals surface area contributed by atoms with Crippen LogP contribution in [0.3, 0.4) is 0 Å². The number of anilines is 8. The fourth-order valence-electron chi connectivity index (χ4n) is 4.76. The molecule has 3 aromatic carbocycles. The summed E-state index contributed by atoms with van der Waals surface area (Å²) in [6.45, 7) is 3.77. The van der Waals surface area contributed by atoms with Crippen LogP contribution < -0.4 is 41.9 Å². The van der Waals surface area contributed by atoms with Crippen molar-refractivity contribution in [3.05, 3.63) is 98.1 Å². The minimum atomic E-state index is 0.613. The van der Waals surface area contributed by atoms with Crippen molar-refractivity contribution in [2.45, 2.75) is 25.9 Å². The average Bonchev–Trinajstić information content (AvgIpc) is 3.60. The molecule has 8 N–H and O–H groups in total. The number of nitrogens with one attached hydrogen (secondary N) is 4. The zero-order valence-corrected chi connectivity index (χ0v) is 24.4. The maximum absolute atomic E-state index is 6.40. The first-order valence-electron chi connectivity index (χ1n) is 14.3. The van der Waals surface area contributed by atoms with E-state index in [0.717, 1.165) is 73.1 Å². The molecule has 218 valence electrons. The number of nitrogens with two attached hydrogens (primary N) is 2. The van der Waals surface area contributed by atoms with E-state index >= 15 is 0 Å². The Morgan fingerprint density at radius 1 is 0.595 bits per heavy atom. The van der Waals surface area contributed by atoms with E-state index in [-0.39, 0.29) is 0 Å². The molecule has 2 aromatic heterocycles. The van der Waals surface area contributed by atoms with E-state index in [4.69, 9.17) is 11.5 Å². The number of rotatable bonds is 14. The van der Waals surface area contributed by atoms with Crippen LogP contribution in [0, 0.1) is 0 Å². The Morgan fingerprint density at radius 3 is 1.33 bits per heavy atom. The predicted octanol–water partition coefficient (Wildman–Crippen LogP) is 4.59. The molecule has 0 radical (unpaired) electrons. The van der Waals surface area contributed by atoms with Crippen LogP contribution in [-0.2, 0) is 27.2 Å². The molecule has 0 amide bonds. The molecule has 0 unspecified atom stereocenters. The molecule has 0 aliphatic rings. The Kier molecular flexibility index (Phi) is 9.13. The lowest BCUT2D eigenvalue weighted by atomic mass is 10.1. The van der Waals surface area contributed by atoms with Crippen LogP contribution in [0.15, 0.2) is 98.1 Å². The second-order valence-corrected chi connectivity index (χ2v) is 10.6. The summed E-state index contributed by atoms with van der Waals surface area (Å²) in [5.41, 5.74) is 19.6. The molecule has 5 aromatic rings. The lowest BCUT2D eigenvalue weighted by molar-refractivity contribution is -0.671. The van der Waals surface area contributed by atoms with Crippen molar-refractivity contribution < 1.29 is 9.13 Å². The number of imidazole rings is 2. The summed E-state index contributed by atoms with van der Waals surface area (Å²) in [4.78, 5) is 0. The standard InChI is InChI=1S/C32H42N10/c1-39-17-19-41(23-39)15-3-13-35-25-5-9-27(10-6-25)37-31-21-30(34)32(22-29(31)33)38-28-11-7-26(8-12-28)36-14-4-16-42-20-18-40(2)24-42/h5-12,17-24,35-38H,3-4,13-16,33-34H2,1-2H3/q+2. The summed E-state index contributed by atoms with van der Waals surface area (Å²) in [6, 6.07) is 20.1. The Hall–Kier alpha value is -5.12. The van der Waals surface area contributed by atoms with Crippen molar-refractivity contribution in [1.82, 2.24) is 9.13 Å². The van der Waals surface area contributed by atoms with E-state index < -0.39 is 0 Å². The molecule has 0 atom stereocenters. The molecular formula is C32H42N10+2. The zero-order valence-electron chi connectivity index (χ0n) is 24.4. The summed E-state index contributed by atoms with van der Waals surface area (Å²) < 4.78 is 8.48. The second kappa shape index (κ2) is 13.5. The third-order valence-electron chi connectivity index (χ3n) is 7.04. The van der Waals surface area contributed by atoms with E-state index in [2.05, 4.69) is 101 Å². The Labute approximate surface area is 247 Å². The van der Waals surface area contributed by atoms with Crippen LogP contribution >= 0.6 is 0 Å². The van der Waals surface area contributed by atoms with E-state index in [0.29, 0.717) is 11.4 Å². The second-order valence-electron chi connectivity index (χ2n) is 10.6. The Morgan fingerprint density at radius 2 is 0.976 bits per heavy atom. The van der Waals surface area contributed by atoms with E-state index in [1.807, 2.05) is 50.5 Å². The van der Waals surface area contributed by atoms with Crippen molar-refractivity contribution >= 4 is 45.5 Å². The number of hydrogen-bond acceptors (Lipinski definition) is 6. The van der Waals surface area contributed by atoms with Gasteiger partial charge in [-0.15, -0.1) is 0 Å². The number of aromatic nitrogens is 4. The van der Waals surface area contributed by atoms with E-state index in [9.17, 15) is 0 Å². The molecule has 10 nitrogen and oxygen atoms in total. The van der Waals surface area contributed by atoms with E-state index in [1.54, 1.807) is 0 Å².